The minimum Gasteiger partial charge on any atom is -0.496 e. The molecule has 0 saturated heterocycles. The van der Waals surface area contributed by atoms with E-state index < -0.39 is 5.60 Å². The van der Waals surface area contributed by atoms with E-state index >= 15 is 0 Å². The number of aliphatic hydroxyl groups is 1. The van der Waals surface area contributed by atoms with Gasteiger partial charge in [-0.05, 0) is 74.8 Å². The number of allylic oxidation sites excluding steroid dienone is 3. The summed E-state index contributed by atoms with van der Waals surface area (Å²) in [6.45, 7) is 12.1. The number of carbonyl (C=O) groups is 1. The summed E-state index contributed by atoms with van der Waals surface area (Å²) in [5, 5.41) is 10.8. The Labute approximate surface area is 168 Å². The van der Waals surface area contributed by atoms with Crippen LogP contribution in [-0.2, 0) is 10.2 Å². The van der Waals surface area contributed by atoms with Crippen LogP contribution < -0.4 is 4.74 Å². The Balaban J connectivity index is 1.99. The topological polar surface area (TPSA) is 46.5 Å². The number of rotatable bonds is 3. The van der Waals surface area contributed by atoms with Crippen LogP contribution in [0.25, 0.3) is 6.08 Å². The molecule has 1 aromatic carbocycles. The summed E-state index contributed by atoms with van der Waals surface area (Å²) >= 11 is 0. The van der Waals surface area contributed by atoms with Gasteiger partial charge in [-0.15, -0.1) is 0 Å². The first kappa shape index (κ1) is 19.4. The highest BCUT2D eigenvalue weighted by Gasteiger charge is 2.67. The van der Waals surface area contributed by atoms with E-state index in [0.717, 1.165) is 29.7 Å². The molecule has 1 spiro atoms. The molecule has 0 bridgehead atoms. The Bertz CT molecular complexity index is 930. The van der Waals surface area contributed by atoms with Gasteiger partial charge < -0.3 is 9.84 Å². The average molecular weight is 381 g/mol. The van der Waals surface area contributed by atoms with Crippen LogP contribution in [0, 0.1) is 24.2 Å². The van der Waals surface area contributed by atoms with Crippen molar-refractivity contribution >= 4 is 11.9 Å². The number of hydrogen-bond donors (Lipinski definition) is 1. The van der Waals surface area contributed by atoms with Crippen molar-refractivity contribution < 1.29 is 14.6 Å². The average Bonchev–Trinajstić information content (AvgIpc) is 3.04. The highest BCUT2D eigenvalue weighted by Crippen LogP contribution is 2.70. The zero-order valence-corrected chi connectivity index (χ0v) is 18.1. The standard InChI is InChI=1S/C25H32O3/c1-14-17-10-13-25-18(15(2)22(26)21(25)16(3)23(4,5)27)11-12-24(25,6)19(17)8-9-20(14)28-7/h8-10,13,16,21,27H,11-12H2,1-7H3/t16-,21+,24+,25+/m0/s1. The molecule has 0 aliphatic heterocycles. The van der Waals surface area contributed by atoms with Crippen molar-refractivity contribution in [2.45, 2.75) is 65.4 Å². The fourth-order valence-corrected chi connectivity index (χ4v) is 6.35. The molecule has 4 rings (SSSR count). The third-order valence-corrected chi connectivity index (χ3v) is 8.29. The Morgan fingerprint density at radius 1 is 1.29 bits per heavy atom. The Hall–Kier alpha value is -1.87. The molecule has 1 fully saturated rings. The van der Waals surface area contributed by atoms with Gasteiger partial charge in [0.15, 0.2) is 5.78 Å². The van der Waals surface area contributed by atoms with Crippen molar-refractivity contribution in [3.8, 4) is 5.75 Å². The second-order valence-corrected chi connectivity index (χ2v) is 9.78. The van der Waals surface area contributed by atoms with Crippen LogP contribution in [0.1, 0.15) is 64.2 Å². The maximum atomic E-state index is 13.5. The van der Waals surface area contributed by atoms with Gasteiger partial charge in [-0.3, -0.25) is 4.79 Å². The number of carbonyl (C=O) groups excluding carboxylic acids is 1. The molecule has 3 aliphatic carbocycles. The number of fused-ring (bicyclic) bond motifs is 2. The van der Waals surface area contributed by atoms with Gasteiger partial charge >= 0.3 is 0 Å². The predicted octanol–water partition coefficient (Wildman–Crippen LogP) is 4.99. The first-order valence-electron chi connectivity index (χ1n) is 10.3. The van der Waals surface area contributed by atoms with Crippen molar-refractivity contribution in [1.29, 1.82) is 0 Å². The number of Topliss-reactive ketones (excluding diaryl/α,β-unsaturated/α-hetero) is 1. The van der Waals surface area contributed by atoms with Crippen LogP contribution in [-0.4, -0.2) is 23.6 Å². The van der Waals surface area contributed by atoms with E-state index in [1.165, 1.54) is 16.7 Å². The molecule has 0 radical (unpaired) electrons. The third-order valence-electron chi connectivity index (χ3n) is 8.29. The van der Waals surface area contributed by atoms with E-state index in [1.807, 2.05) is 27.7 Å². The number of ether oxygens (including phenoxy) is 1. The second kappa shape index (κ2) is 5.82. The normalized spacial score (nSPS) is 32.3. The van der Waals surface area contributed by atoms with Gasteiger partial charge in [0.05, 0.1) is 12.7 Å². The highest BCUT2D eigenvalue weighted by atomic mass is 16.5. The lowest BCUT2D eigenvalue weighted by atomic mass is 9.51. The number of hydrogen-bond acceptors (Lipinski definition) is 3. The molecule has 3 heteroatoms. The summed E-state index contributed by atoms with van der Waals surface area (Å²) in [6.07, 6.45) is 6.46. The van der Waals surface area contributed by atoms with E-state index in [-0.39, 0.29) is 28.4 Å². The molecule has 1 saturated carbocycles. The third kappa shape index (κ3) is 2.11. The van der Waals surface area contributed by atoms with Crippen LogP contribution in [0.2, 0.25) is 0 Å². The van der Waals surface area contributed by atoms with Gasteiger partial charge in [0.25, 0.3) is 0 Å². The largest absolute Gasteiger partial charge is 0.496 e. The molecule has 28 heavy (non-hydrogen) atoms. The molecular weight excluding hydrogens is 348 g/mol. The van der Waals surface area contributed by atoms with Crippen LogP contribution in [0.3, 0.4) is 0 Å². The van der Waals surface area contributed by atoms with Gasteiger partial charge in [-0.25, -0.2) is 0 Å². The van der Waals surface area contributed by atoms with E-state index in [0.29, 0.717) is 0 Å². The first-order valence-corrected chi connectivity index (χ1v) is 10.3. The Morgan fingerprint density at radius 2 is 1.96 bits per heavy atom. The summed E-state index contributed by atoms with van der Waals surface area (Å²) in [6, 6.07) is 4.26. The Morgan fingerprint density at radius 3 is 2.57 bits per heavy atom. The van der Waals surface area contributed by atoms with Crippen molar-refractivity contribution in [2.75, 3.05) is 7.11 Å². The molecule has 3 aliphatic rings. The van der Waals surface area contributed by atoms with Crippen LogP contribution in [0.15, 0.2) is 29.4 Å². The molecule has 3 nitrogen and oxygen atoms in total. The summed E-state index contributed by atoms with van der Waals surface area (Å²) in [5.41, 5.74) is 4.46. The lowest BCUT2D eigenvalue weighted by molar-refractivity contribution is -0.128. The summed E-state index contributed by atoms with van der Waals surface area (Å²) in [7, 11) is 1.71. The van der Waals surface area contributed by atoms with Gasteiger partial charge in [-0.1, -0.05) is 37.6 Å². The van der Waals surface area contributed by atoms with Crippen LogP contribution >= 0.6 is 0 Å². The SMILES string of the molecule is COc1ccc2c(c1C)C=C[C@@]13C(=C(C)C(=O)[C@H]1[C@H](C)C(C)(C)O)CC[C@]23C. The number of benzene rings is 1. The second-order valence-electron chi connectivity index (χ2n) is 9.78. The van der Waals surface area contributed by atoms with E-state index in [2.05, 4.69) is 38.1 Å². The molecule has 4 atom stereocenters. The maximum Gasteiger partial charge on any atom is 0.163 e. The molecule has 0 aromatic heterocycles. The lowest BCUT2D eigenvalue weighted by Gasteiger charge is -2.51. The molecular formula is C25H32O3. The Kier molecular flexibility index (Phi) is 4.04. The number of ketones is 1. The van der Waals surface area contributed by atoms with Gasteiger partial charge in [0, 0.05) is 16.7 Å². The molecule has 1 N–H and O–H groups in total. The minimum atomic E-state index is -0.918. The fraction of sp³-hybridized carbons (Fsp3) is 0.560. The van der Waals surface area contributed by atoms with E-state index in [4.69, 9.17) is 4.74 Å². The summed E-state index contributed by atoms with van der Waals surface area (Å²) in [4.78, 5) is 13.5. The van der Waals surface area contributed by atoms with Gasteiger partial charge in [0.2, 0.25) is 0 Å². The summed E-state index contributed by atoms with van der Waals surface area (Å²) < 4.78 is 5.55. The van der Waals surface area contributed by atoms with E-state index in [1.54, 1.807) is 7.11 Å². The van der Waals surface area contributed by atoms with Gasteiger partial charge in [-0.2, -0.15) is 0 Å². The van der Waals surface area contributed by atoms with Crippen molar-refractivity contribution in [3.05, 3.63) is 46.0 Å². The maximum absolute atomic E-state index is 13.5. The first-order chi connectivity index (χ1) is 13.0. The fourth-order valence-electron chi connectivity index (χ4n) is 6.35. The molecule has 0 heterocycles. The number of methoxy groups -OCH3 is 1. The minimum absolute atomic E-state index is 0.143. The van der Waals surface area contributed by atoms with Crippen LogP contribution in [0.5, 0.6) is 5.75 Å². The zero-order chi connectivity index (χ0) is 20.6. The van der Waals surface area contributed by atoms with Crippen molar-refractivity contribution in [2.24, 2.45) is 17.3 Å². The highest BCUT2D eigenvalue weighted by molar-refractivity contribution is 6.03. The van der Waals surface area contributed by atoms with E-state index in [9.17, 15) is 9.90 Å². The molecule has 0 amide bonds. The lowest BCUT2D eigenvalue weighted by Crippen LogP contribution is -2.51. The smallest absolute Gasteiger partial charge is 0.163 e. The van der Waals surface area contributed by atoms with Crippen molar-refractivity contribution in [1.82, 2.24) is 0 Å². The zero-order valence-electron chi connectivity index (χ0n) is 18.1. The quantitative estimate of drug-likeness (QED) is 0.803. The van der Waals surface area contributed by atoms with Crippen molar-refractivity contribution in [3.63, 3.8) is 0 Å². The monoisotopic (exact) mass is 380 g/mol. The molecule has 1 aromatic rings. The van der Waals surface area contributed by atoms with Gasteiger partial charge in [0.1, 0.15) is 5.75 Å². The molecule has 150 valence electrons. The predicted molar refractivity (Wildman–Crippen MR) is 112 cm³/mol. The van der Waals surface area contributed by atoms with Crippen LogP contribution in [0.4, 0.5) is 0 Å². The molecule has 0 unspecified atom stereocenters. The summed E-state index contributed by atoms with van der Waals surface area (Å²) in [5.74, 6) is 0.739.